The van der Waals surface area contributed by atoms with Crippen molar-refractivity contribution in [1.82, 2.24) is 0 Å². The normalized spacial score (nSPS) is 9.69. The highest BCUT2D eigenvalue weighted by atomic mass is 19.1. The van der Waals surface area contributed by atoms with Gasteiger partial charge in [-0.3, -0.25) is 4.79 Å². The maximum atomic E-state index is 13.0. The summed E-state index contributed by atoms with van der Waals surface area (Å²) < 4.78 is 17.5. The smallest absolute Gasteiger partial charge is 0.308 e. The van der Waals surface area contributed by atoms with E-state index in [0.29, 0.717) is 0 Å². The maximum Gasteiger partial charge on any atom is 0.308 e. The fourth-order valence-electron chi connectivity index (χ4n) is 0.795. The van der Waals surface area contributed by atoms with Crippen LogP contribution in [0.25, 0.3) is 0 Å². The Labute approximate surface area is 73.7 Å². The Bertz CT molecular complexity index is 351. The van der Waals surface area contributed by atoms with Gasteiger partial charge in [0.1, 0.15) is 0 Å². The van der Waals surface area contributed by atoms with Gasteiger partial charge in [-0.1, -0.05) is 0 Å². The lowest BCUT2D eigenvalue weighted by Gasteiger charge is -2.05. The van der Waals surface area contributed by atoms with Crippen molar-refractivity contribution in [3.05, 3.63) is 17.9 Å². The number of carbonyl (C=O) groups excluding carboxylic acids is 1. The van der Waals surface area contributed by atoms with E-state index in [9.17, 15) is 9.18 Å². The molecule has 5 heteroatoms. The van der Waals surface area contributed by atoms with Crippen LogP contribution >= 0.6 is 0 Å². The summed E-state index contributed by atoms with van der Waals surface area (Å²) in [6, 6.07) is 2.42. The highest BCUT2D eigenvalue weighted by Crippen LogP contribution is 2.30. The van der Waals surface area contributed by atoms with E-state index in [1.165, 1.54) is 12.1 Å². The molecule has 0 aliphatic heterocycles. The molecule has 0 saturated heterocycles. The Kier molecular flexibility index (Phi) is 2.36. The first-order chi connectivity index (χ1) is 6.02. The van der Waals surface area contributed by atoms with Crippen molar-refractivity contribution in [2.45, 2.75) is 6.92 Å². The maximum absolute atomic E-state index is 13.0. The highest BCUT2D eigenvalue weighted by Gasteiger charge is 2.12. The molecule has 0 fully saturated rings. The van der Waals surface area contributed by atoms with E-state index in [-0.39, 0.29) is 11.4 Å². The molecule has 1 aromatic carbocycles. The van der Waals surface area contributed by atoms with E-state index in [1.54, 1.807) is 0 Å². The van der Waals surface area contributed by atoms with Gasteiger partial charge in [-0.2, -0.15) is 4.39 Å². The van der Waals surface area contributed by atoms with Crippen molar-refractivity contribution in [2.24, 2.45) is 0 Å². The molecule has 1 aromatic rings. The van der Waals surface area contributed by atoms with Crippen LogP contribution in [0.15, 0.2) is 12.1 Å². The summed E-state index contributed by atoms with van der Waals surface area (Å²) in [5, 5.41) is 9.01. The minimum atomic E-state index is -1.03. The number of benzene rings is 1. The van der Waals surface area contributed by atoms with Crippen molar-refractivity contribution in [3.63, 3.8) is 0 Å². The third-order valence-electron chi connectivity index (χ3n) is 1.37. The number of hydrogen-bond donors (Lipinski definition) is 2. The molecular weight excluding hydrogens is 177 g/mol. The molecular formula is C8H8FNO3. The number of nitrogen functional groups attached to an aromatic ring is 1. The summed E-state index contributed by atoms with van der Waals surface area (Å²) in [6.07, 6.45) is 0. The second-order valence-electron chi connectivity index (χ2n) is 2.41. The van der Waals surface area contributed by atoms with Gasteiger partial charge in [0.05, 0.1) is 5.69 Å². The molecule has 0 radical (unpaired) electrons. The van der Waals surface area contributed by atoms with E-state index in [2.05, 4.69) is 4.74 Å². The average molecular weight is 185 g/mol. The number of carbonyl (C=O) groups is 1. The molecule has 0 bridgehead atoms. The number of esters is 1. The van der Waals surface area contributed by atoms with Crippen LogP contribution in [0.4, 0.5) is 10.1 Å². The number of rotatable bonds is 1. The molecule has 0 spiro atoms. The van der Waals surface area contributed by atoms with Crippen LogP contribution in [0.1, 0.15) is 6.92 Å². The fraction of sp³-hybridized carbons (Fsp3) is 0.125. The number of hydrogen-bond acceptors (Lipinski definition) is 4. The van der Waals surface area contributed by atoms with Crippen LogP contribution in [0.3, 0.4) is 0 Å². The largest absolute Gasteiger partial charge is 0.503 e. The van der Waals surface area contributed by atoms with Gasteiger partial charge >= 0.3 is 5.97 Å². The first kappa shape index (κ1) is 9.31. The van der Waals surface area contributed by atoms with Crippen molar-refractivity contribution >= 4 is 11.7 Å². The summed E-state index contributed by atoms with van der Waals surface area (Å²) in [4.78, 5) is 10.5. The molecule has 13 heavy (non-hydrogen) atoms. The van der Waals surface area contributed by atoms with Crippen molar-refractivity contribution in [2.75, 3.05) is 5.73 Å². The van der Waals surface area contributed by atoms with E-state index in [0.717, 1.165) is 6.92 Å². The zero-order chi connectivity index (χ0) is 10.0. The Morgan fingerprint density at radius 3 is 2.77 bits per heavy atom. The lowest BCUT2D eigenvalue weighted by atomic mass is 10.2. The lowest BCUT2D eigenvalue weighted by Crippen LogP contribution is -2.03. The van der Waals surface area contributed by atoms with Gasteiger partial charge in [0, 0.05) is 6.92 Å². The molecule has 0 saturated carbocycles. The van der Waals surface area contributed by atoms with Crippen molar-refractivity contribution < 1.29 is 19.0 Å². The second-order valence-corrected chi connectivity index (χ2v) is 2.41. The SMILES string of the molecule is CC(=O)Oc1ccc(N)c(O)c1F. The first-order valence-electron chi connectivity index (χ1n) is 3.47. The van der Waals surface area contributed by atoms with Gasteiger partial charge in [-0.15, -0.1) is 0 Å². The molecule has 0 unspecified atom stereocenters. The number of ether oxygens (including phenoxy) is 1. The summed E-state index contributed by atoms with van der Waals surface area (Å²) in [5.41, 5.74) is 5.09. The minimum Gasteiger partial charge on any atom is -0.503 e. The molecule has 1 rings (SSSR count). The molecule has 0 aliphatic rings. The molecule has 4 nitrogen and oxygen atoms in total. The van der Waals surface area contributed by atoms with Crippen LogP contribution in [0.2, 0.25) is 0 Å². The lowest BCUT2D eigenvalue weighted by molar-refractivity contribution is -0.132. The molecule has 0 aliphatic carbocycles. The molecule has 3 N–H and O–H groups in total. The van der Waals surface area contributed by atoms with Crippen LogP contribution in [0, 0.1) is 5.82 Å². The summed E-state index contributed by atoms with van der Waals surface area (Å²) >= 11 is 0. The second kappa shape index (κ2) is 3.30. The quantitative estimate of drug-likeness (QED) is 0.297. The molecule has 70 valence electrons. The van der Waals surface area contributed by atoms with Gasteiger partial charge in [0.2, 0.25) is 5.82 Å². The highest BCUT2D eigenvalue weighted by molar-refractivity contribution is 5.70. The average Bonchev–Trinajstić information content (AvgIpc) is 2.06. The van der Waals surface area contributed by atoms with Gasteiger partial charge in [0.25, 0.3) is 0 Å². The van der Waals surface area contributed by atoms with E-state index in [4.69, 9.17) is 10.8 Å². The number of anilines is 1. The Balaban J connectivity index is 3.10. The Morgan fingerprint density at radius 2 is 2.23 bits per heavy atom. The van der Waals surface area contributed by atoms with Gasteiger partial charge in [0.15, 0.2) is 11.5 Å². The number of halogens is 1. The first-order valence-corrected chi connectivity index (χ1v) is 3.47. The minimum absolute atomic E-state index is 0.103. The Morgan fingerprint density at radius 1 is 1.62 bits per heavy atom. The summed E-state index contributed by atoms with van der Waals surface area (Å²) in [5.74, 6) is -2.74. The van der Waals surface area contributed by atoms with E-state index in [1.807, 2.05) is 0 Å². The molecule has 0 aromatic heterocycles. The van der Waals surface area contributed by atoms with E-state index >= 15 is 0 Å². The third-order valence-corrected chi connectivity index (χ3v) is 1.37. The van der Waals surface area contributed by atoms with Crippen LogP contribution in [-0.4, -0.2) is 11.1 Å². The van der Waals surface area contributed by atoms with E-state index < -0.39 is 17.5 Å². The predicted octanol–water partition coefficient (Wildman–Crippen LogP) is 1.04. The van der Waals surface area contributed by atoms with Crippen LogP contribution in [-0.2, 0) is 4.79 Å². The number of phenolic OH excluding ortho intramolecular Hbond substituents is 1. The predicted molar refractivity (Wildman–Crippen MR) is 43.8 cm³/mol. The molecule has 0 heterocycles. The van der Waals surface area contributed by atoms with Gasteiger partial charge in [-0.05, 0) is 12.1 Å². The zero-order valence-electron chi connectivity index (χ0n) is 6.87. The topological polar surface area (TPSA) is 72.5 Å². The standard InChI is InChI=1S/C8H8FNO3/c1-4(11)13-6-3-2-5(10)8(12)7(6)9/h2-3,12H,10H2,1H3. The number of phenols is 1. The summed E-state index contributed by atoms with van der Waals surface area (Å²) in [6.45, 7) is 1.13. The monoisotopic (exact) mass is 185 g/mol. The van der Waals surface area contributed by atoms with Crippen molar-refractivity contribution in [1.29, 1.82) is 0 Å². The number of nitrogens with two attached hydrogens (primary N) is 1. The summed E-state index contributed by atoms with van der Waals surface area (Å²) in [7, 11) is 0. The van der Waals surface area contributed by atoms with Crippen LogP contribution < -0.4 is 10.5 Å². The van der Waals surface area contributed by atoms with Crippen molar-refractivity contribution in [3.8, 4) is 11.5 Å². The zero-order valence-corrected chi connectivity index (χ0v) is 6.87. The molecule has 0 atom stereocenters. The Hall–Kier alpha value is -1.78. The number of aromatic hydroxyl groups is 1. The van der Waals surface area contributed by atoms with Crippen LogP contribution in [0.5, 0.6) is 11.5 Å². The fourth-order valence-corrected chi connectivity index (χ4v) is 0.795. The molecule has 0 amide bonds. The van der Waals surface area contributed by atoms with Gasteiger partial charge < -0.3 is 15.6 Å². The van der Waals surface area contributed by atoms with Gasteiger partial charge in [-0.25, -0.2) is 0 Å². The third kappa shape index (κ3) is 1.87.